The maximum atomic E-state index is 13.8. The SMILES string of the molecule is CC(C)(C)N(C(=O)OCc1cc2c(cn1)OCCO2)C1CCN(CCn2c(=O)ccc3ncc(F)cc32)CC1. The second-order valence-corrected chi connectivity index (χ2v) is 10.9. The number of carbonyl (C=O) groups excluding carboxylic acids is 1. The van der Waals surface area contributed by atoms with Crippen molar-refractivity contribution in [3.05, 3.63) is 58.5 Å². The molecule has 208 valence electrons. The van der Waals surface area contributed by atoms with Crippen molar-refractivity contribution in [2.45, 2.75) is 58.3 Å². The standard InChI is InChI=1S/C28H34FN5O5/c1-28(2,3)34(27(36)39-18-20-15-24-25(17-30-20)38-13-12-37-24)21-6-8-32(9-7-21)10-11-33-23-14-19(29)16-31-22(23)4-5-26(33)35/h4-5,14-17,21H,6-13,18H2,1-3H3. The molecule has 0 unspecified atom stereocenters. The summed E-state index contributed by atoms with van der Waals surface area (Å²) in [5.74, 6) is 0.727. The van der Waals surface area contributed by atoms with E-state index in [-0.39, 0.29) is 24.3 Å². The molecule has 0 saturated carbocycles. The summed E-state index contributed by atoms with van der Waals surface area (Å²) in [6.07, 6.45) is 3.91. The summed E-state index contributed by atoms with van der Waals surface area (Å²) in [7, 11) is 0. The van der Waals surface area contributed by atoms with Crippen molar-refractivity contribution in [3.8, 4) is 11.5 Å². The second-order valence-electron chi connectivity index (χ2n) is 10.9. The van der Waals surface area contributed by atoms with E-state index in [0.717, 1.165) is 32.1 Å². The number of hydrogen-bond donors (Lipinski definition) is 0. The van der Waals surface area contributed by atoms with Crippen LogP contribution in [-0.2, 0) is 17.9 Å². The number of hydrogen-bond acceptors (Lipinski definition) is 8. The molecule has 3 aromatic rings. The normalized spacial score (nSPS) is 16.3. The van der Waals surface area contributed by atoms with Crippen molar-refractivity contribution in [1.82, 2.24) is 24.3 Å². The Bertz CT molecular complexity index is 1400. The van der Waals surface area contributed by atoms with Gasteiger partial charge in [-0.1, -0.05) is 0 Å². The lowest BCUT2D eigenvalue weighted by atomic mass is 9.97. The third kappa shape index (κ3) is 6.13. The number of carbonyl (C=O) groups is 1. The van der Waals surface area contributed by atoms with E-state index in [0.29, 0.717) is 54.5 Å². The van der Waals surface area contributed by atoms with Gasteiger partial charge in [-0.25, -0.2) is 9.18 Å². The van der Waals surface area contributed by atoms with Gasteiger partial charge in [-0.05, 0) is 39.7 Å². The third-order valence-electron chi connectivity index (χ3n) is 7.12. The van der Waals surface area contributed by atoms with Crippen molar-refractivity contribution in [2.24, 2.45) is 0 Å². The molecule has 0 bridgehead atoms. The number of likely N-dealkylation sites (tertiary alicyclic amines) is 1. The minimum absolute atomic E-state index is 0.0144. The highest BCUT2D eigenvalue weighted by molar-refractivity contribution is 5.74. The van der Waals surface area contributed by atoms with Gasteiger partial charge < -0.3 is 28.6 Å². The van der Waals surface area contributed by atoms with Gasteiger partial charge >= 0.3 is 6.09 Å². The van der Waals surface area contributed by atoms with Gasteiger partial charge in [0.1, 0.15) is 25.6 Å². The molecule has 1 amide bonds. The van der Waals surface area contributed by atoms with Gasteiger partial charge in [0.15, 0.2) is 11.5 Å². The zero-order valence-electron chi connectivity index (χ0n) is 22.6. The van der Waals surface area contributed by atoms with Crippen LogP contribution in [-0.4, -0.2) is 74.9 Å². The smallest absolute Gasteiger partial charge is 0.410 e. The highest BCUT2D eigenvalue weighted by Crippen LogP contribution is 2.30. The van der Waals surface area contributed by atoms with E-state index in [1.807, 2.05) is 25.7 Å². The molecule has 0 N–H and O–H groups in total. The maximum Gasteiger partial charge on any atom is 0.410 e. The van der Waals surface area contributed by atoms with Crippen molar-refractivity contribution in [1.29, 1.82) is 0 Å². The minimum atomic E-state index is -0.471. The molecule has 2 aliphatic rings. The van der Waals surface area contributed by atoms with Gasteiger partial charge in [-0.3, -0.25) is 14.8 Å². The zero-order chi connectivity index (χ0) is 27.6. The number of ether oxygens (including phenoxy) is 3. The first-order valence-corrected chi connectivity index (χ1v) is 13.3. The molecule has 0 spiro atoms. The molecule has 0 aromatic carbocycles. The molecule has 11 heteroatoms. The lowest BCUT2D eigenvalue weighted by Crippen LogP contribution is -2.55. The molecule has 3 aromatic heterocycles. The highest BCUT2D eigenvalue weighted by atomic mass is 19.1. The van der Waals surface area contributed by atoms with Crippen LogP contribution >= 0.6 is 0 Å². The topological polar surface area (TPSA) is 99.0 Å². The number of halogens is 1. The van der Waals surface area contributed by atoms with Crippen LogP contribution in [0.2, 0.25) is 0 Å². The number of rotatable bonds is 6. The lowest BCUT2D eigenvalue weighted by molar-refractivity contribution is 0.0192. The van der Waals surface area contributed by atoms with Crippen LogP contribution < -0.4 is 15.0 Å². The molecule has 10 nitrogen and oxygen atoms in total. The molecule has 0 radical (unpaired) electrons. The van der Waals surface area contributed by atoms with E-state index >= 15 is 0 Å². The summed E-state index contributed by atoms with van der Waals surface area (Å²) < 4.78 is 32.2. The molecule has 5 rings (SSSR count). The van der Waals surface area contributed by atoms with Gasteiger partial charge in [0, 0.05) is 56.0 Å². The van der Waals surface area contributed by atoms with E-state index in [2.05, 4.69) is 14.9 Å². The Kier molecular flexibility index (Phi) is 7.69. The highest BCUT2D eigenvalue weighted by Gasteiger charge is 2.36. The summed E-state index contributed by atoms with van der Waals surface area (Å²) in [5, 5.41) is 0. The first-order chi connectivity index (χ1) is 18.7. The molecule has 0 aliphatic carbocycles. The molecule has 2 aliphatic heterocycles. The Balaban J connectivity index is 1.18. The Hall–Kier alpha value is -3.73. The predicted octanol–water partition coefficient (Wildman–Crippen LogP) is 3.60. The summed E-state index contributed by atoms with van der Waals surface area (Å²) in [6.45, 7) is 9.60. The van der Waals surface area contributed by atoms with E-state index in [1.54, 1.807) is 22.9 Å². The summed E-state index contributed by atoms with van der Waals surface area (Å²) in [5.41, 5.74) is 1.05. The minimum Gasteiger partial charge on any atom is -0.486 e. The van der Waals surface area contributed by atoms with Crippen molar-refractivity contribution in [3.63, 3.8) is 0 Å². The van der Waals surface area contributed by atoms with E-state index in [9.17, 15) is 14.0 Å². The summed E-state index contributed by atoms with van der Waals surface area (Å²) >= 11 is 0. The van der Waals surface area contributed by atoms with Gasteiger partial charge in [-0.15, -0.1) is 0 Å². The number of piperidine rings is 1. The first-order valence-electron chi connectivity index (χ1n) is 13.3. The Morgan fingerprint density at radius 1 is 1.08 bits per heavy atom. The number of pyridine rings is 3. The quantitative estimate of drug-likeness (QED) is 0.469. The third-order valence-corrected chi connectivity index (χ3v) is 7.12. The Morgan fingerprint density at radius 2 is 1.82 bits per heavy atom. The average molecular weight is 540 g/mol. The second kappa shape index (κ2) is 11.2. The van der Waals surface area contributed by atoms with Crippen LogP contribution in [0.3, 0.4) is 0 Å². The number of aromatic nitrogens is 3. The first kappa shape index (κ1) is 26.9. The molecule has 1 saturated heterocycles. The fraction of sp³-hybridized carbons (Fsp3) is 0.500. The Labute approximate surface area is 226 Å². The van der Waals surface area contributed by atoms with Crippen molar-refractivity contribution >= 4 is 17.1 Å². The van der Waals surface area contributed by atoms with Gasteiger partial charge in [0.05, 0.1) is 29.1 Å². The largest absolute Gasteiger partial charge is 0.486 e. The van der Waals surface area contributed by atoms with Gasteiger partial charge in [0.25, 0.3) is 5.56 Å². The predicted molar refractivity (Wildman–Crippen MR) is 142 cm³/mol. The lowest BCUT2D eigenvalue weighted by Gasteiger charge is -2.44. The molecule has 39 heavy (non-hydrogen) atoms. The fourth-order valence-electron chi connectivity index (χ4n) is 5.26. The van der Waals surface area contributed by atoms with Crippen LogP contribution in [0.1, 0.15) is 39.3 Å². The average Bonchev–Trinajstić information content (AvgIpc) is 2.91. The maximum absolute atomic E-state index is 13.8. The molecule has 1 fully saturated rings. The molecular weight excluding hydrogens is 505 g/mol. The summed E-state index contributed by atoms with van der Waals surface area (Å²) in [4.78, 5) is 38.3. The van der Waals surface area contributed by atoms with Gasteiger partial charge in [0.2, 0.25) is 0 Å². The van der Waals surface area contributed by atoms with Crippen LogP contribution in [0.4, 0.5) is 9.18 Å². The molecule has 5 heterocycles. The Morgan fingerprint density at radius 3 is 2.56 bits per heavy atom. The fourth-order valence-corrected chi connectivity index (χ4v) is 5.26. The monoisotopic (exact) mass is 539 g/mol. The van der Waals surface area contributed by atoms with Crippen molar-refractivity contribution < 1.29 is 23.4 Å². The van der Waals surface area contributed by atoms with Crippen LogP contribution in [0.25, 0.3) is 11.0 Å². The van der Waals surface area contributed by atoms with Crippen LogP contribution in [0.5, 0.6) is 11.5 Å². The number of nitrogens with zero attached hydrogens (tertiary/aromatic N) is 5. The van der Waals surface area contributed by atoms with E-state index < -0.39 is 11.4 Å². The molecular formula is C28H34FN5O5. The number of fused-ring (bicyclic) bond motifs is 2. The molecule has 0 atom stereocenters. The van der Waals surface area contributed by atoms with E-state index in [1.165, 1.54) is 12.1 Å². The van der Waals surface area contributed by atoms with Gasteiger partial charge in [-0.2, -0.15) is 0 Å². The van der Waals surface area contributed by atoms with Crippen LogP contribution in [0, 0.1) is 5.82 Å². The van der Waals surface area contributed by atoms with Crippen LogP contribution in [0.15, 0.2) is 41.5 Å². The number of amides is 1. The van der Waals surface area contributed by atoms with Crippen molar-refractivity contribution in [2.75, 3.05) is 32.8 Å². The zero-order valence-corrected chi connectivity index (χ0v) is 22.6. The summed E-state index contributed by atoms with van der Waals surface area (Å²) in [6, 6.07) is 6.19. The van der Waals surface area contributed by atoms with E-state index in [4.69, 9.17) is 14.2 Å².